The average molecular weight is 359 g/mol. The molecule has 1 heterocycles. The van der Waals surface area contributed by atoms with E-state index in [9.17, 15) is 14.4 Å². The molecule has 6 nitrogen and oxygen atoms in total. The van der Waals surface area contributed by atoms with Gasteiger partial charge in [0.1, 0.15) is 0 Å². The van der Waals surface area contributed by atoms with Gasteiger partial charge >= 0.3 is 5.97 Å². The molecule has 23 heavy (non-hydrogen) atoms. The number of hydrogen-bond donors (Lipinski definition) is 1. The number of primary amides is 1. The highest BCUT2D eigenvalue weighted by Gasteiger charge is 2.27. The predicted molar refractivity (Wildman–Crippen MR) is 85.2 cm³/mol. The van der Waals surface area contributed by atoms with Gasteiger partial charge in [-0.15, -0.1) is 0 Å². The molecule has 2 amide bonds. The van der Waals surface area contributed by atoms with Gasteiger partial charge in [-0.1, -0.05) is 23.2 Å². The number of rotatable bonds is 4. The Hall–Kier alpha value is -1.79. The molecule has 0 unspecified atom stereocenters. The van der Waals surface area contributed by atoms with E-state index in [2.05, 4.69) is 0 Å². The van der Waals surface area contributed by atoms with Crippen molar-refractivity contribution >= 4 is 41.0 Å². The number of nitrogens with two attached hydrogens (primary N) is 1. The first kappa shape index (κ1) is 17.6. The summed E-state index contributed by atoms with van der Waals surface area (Å²) in [6, 6.07) is 4.30. The maximum absolute atomic E-state index is 12.1. The van der Waals surface area contributed by atoms with E-state index in [-0.39, 0.29) is 23.9 Å². The Balaban J connectivity index is 1.90. The maximum atomic E-state index is 12.1. The van der Waals surface area contributed by atoms with Crippen molar-refractivity contribution in [1.82, 2.24) is 4.90 Å². The van der Waals surface area contributed by atoms with Crippen LogP contribution in [0.15, 0.2) is 18.2 Å². The molecule has 1 aliphatic rings. The Labute approximate surface area is 143 Å². The van der Waals surface area contributed by atoms with Crippen molar-refractivity contribution in [1.29, 1.82) is 0 Å². The third-order valence-corrected chi connectivity index (χ3v) is 4.04. The number of esters is 1. The van der Waals surface area contributed by atoms with Crippen molar-refractivity contribution < 1.29 is 19.1 Å². The summed E-state index contributed by atoms with van der Waals surface area (Å²) in [6.07, 6.45) is 1.36. The lowest BCUT2D eigenvalue weighted by molar-refractivity contribution is -0.137. The van der Waals surface area contributed by atoms with Crippen LogP contribution >= 0.6 is 23.2 Å². The largest absolute Gasteiger partial charge is 0.452 e. The number of halogens is 2. The summed E-state index contributed by atoms with van der Waals surface area (Å²) in [4.78, 5) is 36.7. The lowest BCUT2D eigenvalue weighted by Crippen LogP contribution is -2.45. The van der Waals surface area contributed by atoms with Crippen LogP contribution in [0.4, 0.5) is 0 Å². The molecule has 0 aromatic heterocycles. The number of ether oxygens (including phenoxy) is 1. The Morgan fingerprint density at radius 2 is 1.87 bits per heavy atom. The second-order valence-corrected chi connectivity index (χ2v) is 6.19. The Kier molecular flexibility index (Phi) is 5.85. The SMILES string of the molecule is NC(=O)[C@@H]1CCCN(C(=O)COC(=O)c2cc(Cl)cc(Cl)c2)C1. The molecule has 0 saturated carbocycles. The molecule has 1 aromatic carbocycles. The summed E-state index contributed by atoms with van der Waals surface area (Å²) in [5.74, 6) is -1.83. The van der Waals surface area contributed by atoms with Crippen LogP contribution in [-0.2, 0) is 14.3 Å². The van der Waals surface area contributed by atoms with Crippen LogP contribution < -0.4 is 5.73 Å². The van der Waals surface area contributed by atoms with E-state index in [4.69, 9.17) is 33.7 Å². The first-order valence-corrected chi connectivity index (χ1v) is 7.82. The second kappa shape index (κ2) is 7.66. The van der Waals surface area contributed by atoms with Crippen LogP contribution in [0.3, 0.4) is 0 Å². The lowest BCUT2D eigenvalue weighted by Gasteiger charge is -2.31. The van der Waals surface area contributed by atoms with E-state index in [0.717, 1.165) is 0 Å². The van der Waals surface area contributed by atoms with Crippen molar-refractivity contribution in [3.05, 3.63) is 33.8 Å². The molecule has 2 N–H and O–H groups in total. The number of carbonyl (C=O) groups is 3. The first-order chi connectivity index (χ1) is 10.9. The fourth-order valence-electron chi connectivity index (χ4n) is 2.41. The second-order valence-electron chi connectivity index (χ2n) is 5.32. The van der Waals surface area contributed by atoms with Gasteiger partial charge in [-0.05, 0) is 31.0 Å². The molecule has 1 aliphatic heterocycles. The molecular weight excluding hydrogens is 343 g/mol. The molecule has 1 atom stereocenters. The van der Waals surface area contributed by atoms with Crippen LogP contribution in [0, 0.1) is 5.92 Å². The third-order valence-electron chi connectivity index (χ3n) is 3.60. The van der Waals surface area contributed by atoms with E-state index < -0.39 is 18.5 Å². The van der Waals surface area contributed by atoms with Crippen molar-refractivity contribution in [2.45, 2.75) is 12.8 Å². The molecule has 0 bridgehead atoms. The van der Waals surface area contributed by atoms with Crippen LogP contribution in [-0.4, -0.2) is 42.4 Å². The Morgan fingerprint density at radius 1 is 1.22 bits per heavy atom. The predicted octanol–water partition coefficient (Wildman–Crippen LogP) is 1.87. The highest BCUT2D eigenvalue weighted by atomic mass is 35.5. The van der Waals surface area contributed by atoms with E-state index in [1.165, 1.54) is 23.1 Å². The van der Waals surface area contributed by atoms with E-state index >= 15 is 0 Å². The topological polar surface area (TPSA) is 89.7 Å². The van der Waals surface area contributed by atoms with Gasteiger partial charge in [0.05, 0.1) is 11.5 Å². The highest BCUT2D eigenvalue weighted by Crippen LogP contribution is 2.20. The van der Waals surface area contributed by atoms with Gasteiger partial charge in [-0.2, -0.15) is 0 Å². The van der Waals surface area contributed by atoms with Crippen LogP contribution in [0.1, 0.15) is 23.2 Å². The summed E-state index contributed by atoms with van der Waals surface area (Å²) in [6.45, 7) is 0.367. The van der Waals surface area contributed by atoms with E-state index in [1.807, 2.05) is 0 Å². The number of hydrogen-bond acceptors (Lipinski definition) is 4. The summed E-state index contributed by atoms with van der Waals surface area (Å²) < 4.78 is 4.99. The molecule has 1 fully saturated rings. The van der Waals surface area contributed by atoms with Crippen LogP contribution in [0.5, 0.6) is 0 Å². The monoisotopic (exact) mass is 358 g/mol. The minimum absolute atomic E-state index is 0.170. The Bertz CT molecular complexity index is 616. The minimum Gasteiger partial charge on any atom is -0.452 e. The van der Waals surface area contributed by atoms with Gasteiger partial charge in [0.2, 0.25) is 5.91 Å². The van der Waals surface area contributed by atoms with Gasteiger partial charge in [0.15, 0.2) is 6.61 Å². The molecule has 0 aliphatic carbocycles. The highest BCUT2D eigenvalue weighted by molar-refractivity contribution is 6.35. The van der Waals surface area contributed by atoms with Crippen molar-refractivity contribution in [2.24, 2.45) is 11.7 Å². The average Bonchev–Trinajstić information content (AvgIpc) is 2.51. The molecular formula is C15H16Cl2N2O4. The minimum atomic E-state index is -0.689. The fraction of sp³-hybridized carbons (Fsp3) is 0.400. The number of nitrogens with zero attached hydrogens (tertiary/aromatic N) is 1. The van der Waals surface area contributed by atoms with Gasteiger partial charge in [-0.25, -0.2) is 4.79 Å². The standard InChI is InChI=1S/C15H16Cl2N2O4/c16-11-4-10(5-12(17)6-11)15(22)23-8-13(20)19-3-1-2-9(7-19)14(18)21/h4-6,9H,1-3,7-8H2,(H2,18,21)/t9-/m1/s1. The zero-order valence-electron chi connectivity index (χ0n) is 12.3. The summed E-state index contributed by atoms with van der Waals surface area (Å²) >= 11 is 11.6. The zero-order chi connectivity index (χ0) is 17.0. The molecule has 1 saturated heterocycles. The van der Waals surface area contributed by atoms with Crippen LogP contribution in [0.25, 0.3) is 0 Å². The van der Waals surface area contributed by atoms with E-state index in [0.29, 0.717) is 29.4 Å². The van der Waals surface area contributed by atoms with Crippen molar-refractivity contribution in [3.8, 4) is 0 Å². The number of benzene rings is 1. The number of amides is 2. The van der Waals surface area contributed by atoms with Gasteiger partial charge in [0.25, 0.3) is 5.91 Å². The molecule has 1 aromatic rings. The van der Waals surface area contributed by atoms with Crippen LogP contribution in [0.2, 0.25) is 10.0 Å². The molecule has 8 heteroatoms. The maximum Gasteiger partial charge on any atom is 0.338 e. The van der Waals surface area contributed by atoms with Gasteiger partial charge in [0, 0.05) is 23.1 Å². The quantitative estimate of drug-likeness (QED) is 0.832. The number of likely N-dealkylation sites (tertiary alicyclic amines) is 1. The van der Waals surface area contributed by atoms with E-state index in [1.54, 1.807) is 0 Å². The Morgan fingerprint density at radius 3 is 2.48 bits per heavy atom. The fourth-order valence-corrected chi connectivity index (χ4v) is 2.94. The lowest BCUT2D eigenvalue weighted by atomic mass is 9.97. The smallest absolute Gasteiger partial charge is 0.338 e. The summed E-state index contributed by atoms with van der Waals surface area (Å²) in [5, 5.41) is 0.604. The third kappa shape index (κ3) is 4.84. The van der Waals surface area contributed by atoms with Gasteiger partial charge in [-0.3, -0.25) is 9.59 Å². The molecule has 0 radical (unpaired) electrons. The zero-order valence-corrected chi connectivity index (χ0v) is 13.8. The summed E-state index contributed by atoms with van der Waals surface area (Å²) in [5.41, 5.74) is 5.44. The normalized spacial score (nSPS) is 17.7. The van der Waals surface area contributed by atoms with Gasteiger partial charge < -0.3 is 15.4 Å². The number of carbonyl (C=O) groups excluding carboxylic acids is 3. The van der Waals surface area contributed by atoms with Crippen molar-refractivity contribution in [3.63, 3.8) is 0 Å². The first-order valence-electron chi connectivity index (χ1n) is 7.07. The molecule has 0 spiro atoms. The number of piperidine rings is 1. The molecule has 2 rings (SSSR count). The van der Waals surface area contributed by atoms with Crippen molar-refractivity contribution in [2.75, 3.05) is 19.7 Å². The summed E-state index contributed by atoms with van der Waals surface area (Å²) in [7, 11) is 0. The molecule has 124 valence electrons.